The van der Waals surface area contributed by atoms with Gasteiger partial charge < -0.3 is 14.7 Å². The summed E-state index contributed by atoms with van der Waals surface area (Å²) in [6.45, 7) is 2.70. The molecule has 0 atom stereocenters. The first-order valence-corrected chi connectivity index (χ1v) is 9.04. The number of nitrogens with one attached hydrogen (secondary N) is 1. The molecule has 1 saturated heterocycles. The van der Waals surface area contributed by atoms with Crippen LogP contribution in [0.5, 0.6) is 0 Å². The fraction of sp³-hybridized carbons (Fsp3) is 0.500. The minimum absolute atomic E-state index is 0.161. The summed E-state index contributed by atoms with van der Waals surface area (Å²) >= 11 is 5.88. The molecule has 1 N–H and O–H groups in total. The van der Waals surface area contributed by atoms with Crippen molar-refractivity contribution in [3.05, 3.63) is 35.2 Å². The second-order valence-electron chi connectivity index (χ2n) is 6.40. The first kappa shape index (κ1) is 17.9. The molecule has 0 bridgehead atoms. The zero-order valence-corrected chi connectivity index (χ0v) is 15.1. The lowest BCUT2D eigenvalue weighted by molar-refractivity contribution is -0.132. The van der Waals surface area contributed by atoms with Crippen LogP contribution in [0.15, 0.2) is 28.8 Å². The van der Waals surface area contributed by atoms with Crippen molar-refractivity contribution in [1.82, 2.24) is 20.4 Å². The average molecular weight is 363 g/mol. The maximum atomic E-state index is 12.4. The number of benzene rings is 1. The second-order valence-corrected chi connectivity index (χ2v) is 6.84. The van der Waals surface area contributed by atoms with Gasteiger partial charge in [-0.2, -0.15) is 4.98 Å². The van der Waals surface area contributed by atoms with Crippen LogP contribution in [0, 0.1) is 5.92 Å². The van der Waals surface area contributed by atoms with Gasteiger partial charge in [-0.3, -0.25) is 4.79 Å². The standard InChI is InChI=1S/C18H23ClN4O2/c1-20-12-13-8-10-23(11-9-13)17(24)7-6-16-21-18(22-25-16)14-2-4-15(19)5-3-14/h2-5,13,20H,6-12H2,1H3. The lowest BCUT2D eigenvalue weighted by Gasteiger charge is -2.31. The summed E-state index contributed by atoms with van der Waals surface area (Å²) in [7, 11) is 1.97. The Kier molecular flexibility index (Phi) is 6.04. The van der Waals surface area contributed by atoms with Crippen LogP contribution in [0.3, 0.4) is 0 Å². The third kappa shape index (κ3) is 4.80. The van der Waals surface area contributed by atoms with E-state index in [9.17, 15) is 4.79 Å². The number of likely N-dealkylation sites (tertiary alicyclic amines) is 1. The molecule has 134 valence electrons. The van der Waals surface area contributed by atoms with Crippen LogP contribution in [0.1, 0.15) is 25.2 Å². The molecule has 1 fully saturated rings. The van der Waals surface area contributed by atoms with Gasteiger partial charge in [0, 0.05) is 36.5 Å². The van der Waals surface area contributed by atoms with E-state index in [1.54, 1.807) is 12.1 Å². The highest BCUT2D eigenvalue weighted by molar-refractivity contribution is 6.30. The Hall–Kier alpha value is -1.92. The molecule has 6 nitrogen and oxygen atoms in total. The quantitative estimate of drug-likeness (QED) is 0.855. The minimum Gasteiger partial charge on any atom is -0.343 e. The van der Waals surface area contributed by atoms with Crippen molar-refractivity contribution < 1.29 is 9.32 Å². The van der Waals surface area contributed by atoms with Crippen LogP contribution in [0.25, 0.3) is 11.4 Å². The molecule has 1 aromatic carbocycles. The summed E-state index contributed by atoms with van der Waals surface area (Å²) in [4.78, 5) is 18.7. The van der Waals surface area contributed by atoms with E-state index < -0.39 is 0 Å². The fourth-order valence-electron chi connectivity index (χ4n) is 3.12. The first-order chi connectivity index (χ1) is 12.2. The predicted octanol–water partition coefficient (Wildman–Crippen LogP) is 2.78. The molecule has 3 rings (SSSR count). The van der Waals surface area contributed by atoms with Crippen LogP contribution in [-0.2, 0) is 11.2 Å². The highest BCUT2D eigenvalue weighted by atomic mass is 35.5. The number of hydrogen-bond donors (Lipinski definition) is 1. The van der Waals surface area contributed by atoms with Gasteiger partial charge in [0.15, 0.2) is 0 Å². The van der Waals surface area contributed by atoms with Gasteiger partial charge in [-0.05, 0) is 56.6 Å². The van der Waals surface area contributed by atoms with Gasteiger partial charge in [0.05, 0.1) is 0 Å². The second kappa shape index (κ2) is 8.45. The number of hydrogen-bond acceptors (Lipinski definition) is 5. The average Bonchev–Trinajstić information content (AvgIpc) is 3.10. The maximum absolute atomic E-state index is 12.4. The van der Waals surface area contributed by atoms with E-state index in [2.05, 4.69) is 15.5 Å². The molecule has 0 unspecified atom stereocenters. The number of piperidine rings is 1. The monoisotopic (exact) mass is 362 g/mol. The molecule has 1 aliphatic heterocycles. The topological polar surface area (TPSA) is 71.3 Å². The molecule has 1 amide bonds. The summed E-state index contributed by atoms with van der Waals surface area (Å²) in [5, 5.41) is 7.85. The molecule has 7 heteroatoms. The third-order valence-corrected chi connectivity index (χ3v) is 4.84. The van der Waals surface area contributed by atoms with Gasteiger partial charge in [-0.1, -0.05) is 16.8 Å². The molecule has 1 aliphatic rings. The SMILES string of the molecule is CNCC1CCN(C(=O)CCc2nc(-c3ccc(Cl)cc3)no2)CC1. The van der Waals surface area contributed by atoms with Gasteiger partial charge >= 0.3 is 0 Å². The van der Waals surface area contributed by atoms with Crippen LogP contribution in [0.4, 0.5) is 0 Å². The smallest absolute Gasteiger partial charge is 0.227 e. The van der Waals surface area contributed by atoms with E-state index >= 15 is 0 Å². The Labute approximate surface area is 152 Å². The summed E-state index contributed by atoms with van der Waals surface area (Å²) < 4.78 is 5.26. The van der Waals surface area contributed by atoms with Gasteiger partial charge in [0.1, 0.15) is 0 Å². The minimum atomic E-state index is 0.161. The van der Waals surface area contributed by atoms with Crippen molar-refractivity contribution in [3.63, 3.8) is 0 Å². The van der Waals surface area contributed by atoms with Crippen molar-refractivity contribution >= 4 is 17.5 Å². The van der Waals surface area contributed by atoms with Crippen molar-refractivity contribution in [2.24, 2.45) is 5.92 Å². The van der Waals surface area contributed by atoms with Gasteiger partial charge in [0.25, 0.3) is 0 Å². The maximum Gasteiger partial charge on any atom is 0.227 e. The molecule has 0 radical (unpaired) electrons. The van der Waals surface area contributed by atoms with Crippen LogP contribution in [0.2, 0.25) is 5.02 Å². The molecular formula is C18H23ClN4O2. The normalized spacial score (nSPS) is 15.5. The lowest BCUT2D eigenvalue weighted by Crippen LogP contribution is -2.40. The van der Waals surface area contributed by atoms with Crippen molar-refractivity contribution in [3.8, 4) is 11.4 Å². The Morgan fingerprint density at radius 3 is 2.72 bits per heavy atom. The van der Waals surface area contributed by atoms with Crippen LogP contribution < -0.4 is 5.32 Å². The predicted molar refractivity (Wildman–Crippen MR) is 96.3 cm³/mol. The first-order valence-electron chi connectivity index (χ1n) is 8.66. The zero-order chi connectivity index (χ0) is 17.6. The summed E-state index contributed by atoms with van der Waals surface area (Å²) in [6, 6.07) is 7.26. The fourth-order valence-corrected chi connectivity index (χ4v) is 3.25. The van der Waals surface area contributed by atoms with E-state index in [1.807, 2.05) is 24.1 Å². The molecule has 2 heterocycles. The number of carbonyl (C=O) groups is 1. The Morgan fingerprint density at radius 1 is 1.32 bits per heavy atom. The number of carbonyl (C=O) groups excluding carboxylic acids is 1. The third-order valence-electron chi connectivity index (χ3n) is 4.58. The van der Waals surface area contributed by atoms with Crippen LogP contribution in [-0.4, -0.2) is 47.6 Å². The molecule has 0 spiro atoms. The van der Waals surface area contributed by atoms with Gasteiger partial charge in [0.2, 0.25) is 17.6 Å². The van der Waals surface area contributed by atoms with E-state index in [1.165, 1.54) is 0 Å². The number of halogens is 1. The van der Waals surface area contributed by atoms with E-state index in [0.29, 0.717) is 35.5 Å². The zero-order valence-electron chi connectivity index (χ0n) is 14.4. The Balaban J connectivity index is 1.49. The lowest BCUT2D eigenvalue weighted by atomic mass is 9.96. The van der Waals surface area contributed by atoms with E-state index in [4.69, 9.17) is 16.1 Å². The Bertz CT molecular complexity index is 693. The molecule has 0 aliphatic carbocycles. The molecule has 25 heavy (non-hydrogen) atoms. The number of nitrogens with zero attached hydrogens (tertiary/aromatic N) is 3. The van der Waals surface area contributed by atoms with Gasteiger partial charge in [-0.15, -0.1) is 0 Å². The summed E-state index contributed by atoms with van der Waals surface area (Å²) in [5.74, 6) is 1.84. The molecule has 1 aromatic heterocycles. The molecular weight excluding hydrogens is 340 g/mol. The highest BCUT2D eigenvalue weighted by Crippen LogP contribution is 2.20. The molecule has 2 aromatic rings. The number of aromatic nitrogens is 2. The van der Waals surface area contributed by atoms with E-state index in [-0.39, 0.29) is 5.91 Å². The van der Waals surface area contributed by atoms with Crippen LogP contribution >= 0.6 is 11.6 Å². The summed E-state index contributed by atoms with van der Waals surface area (Å²) in [5.41, 5.74) is 0.845. The number of amides is 1. The Morgan fingerprint density at radius 2 is 2.04 bits per heavy atom. The number of rotatable bonds is 6. The largest absolute Gasteiger partial charge is 0.343 e. The van der Waals surface area contributed by atoms with Crippen molar-refractivity contribution in [2.45, 2.75) is 25.7 Å². The summed E-state index contributed by atoms with van der Waals surface area (Å²) in [6.07, 6.45) is 3.00. The van der Waals surface area contributed by atoms with Gasteiger partial charge in [-0.25, -0.2) is 0 Å². The highest BCUT2D eigenvalue weighted by Gasteiger charge is 2.22. The van der Waals surface area contributed by atoms with E-state index in [0.717, 1.165) is 38.0 Å². The molecule has 0 saturated carbocycles. The number of aryl methyl sites for hydroxylation is 1. The van der Waals surface area contributed by atoms with Crippen molar-refractivity contribution in [1.29, 1.82) is 0 Å². The van der Waals surface area contributed by atoms with Crippen molar-refractivity contribution in [2.75, 3.05) is 26.7 Å².